The summed E-state index contributed by atoms with van der Waals surface area (Å²) in [6, 6.07) is 5.29. The lowest BCUT2D eigenvalue weighted by Gasteiger charge is -2.07. The number of ether oxygens (including phenoxy) is 1. The molecule has 6 nitrogen and oxygen atoms in total. The van der Waals surface area contributed by atoms with Crippen molar-refractivity contribution in [2.24, 2.45) is 0 Å². The van der Waals surface area contributed by atoms with Crippen LogP contribution < -0.4 is 5.73 Å². The van der Waals surface area contributed by atoms with E-state index < -0.39 is 5.97 Å². The number of amides is 1. The molecule has 1 aliphatic rings. The minimum atomic E-state index is -0.555. The van der Waals surface area contributed by atoms with Crippen LogP contribution in [0.2, 0.25) is 0 Å². The molecule has 0 spiro atoms. The molecule has 0 aliphatic carbocycles. The first-order valence-corrected chi connectivity index (χ1v) is 6.67. The van der Waals surface area contributed by atoms with Crippen LogP contribution in [0.1, 0.15) is 33.3 Å². The van der Waals surface area contributed by atoms with E-state index in [9.17, 15) is 9.59 Å². The summed E-state index contributed by atoms with van der Waals surface area (Å²) >= 11 is 0. The molecule has 3 rings (SSSR count). The zero-order valence-electron chi connectivity index (χ0n) is 11.8. The lowest BCUT2D eigenvalue weighted by Crippen LogP contribution is -2.17. The van der Waals surface area contributed by atoms with Crippen LogP contribution in [0.5, 0.6) is 0 Å². The molecule has 1 amide bonds. The topological polar surface area (TPSA) is 85.5 Å². The maximum Gasteiger partial charge on any atom is 0.359 e. The number of nitrogens with zero attached hydrogens (tertiary/aromatic N) is 2. The molecule has 6 heteroatoms. The highest BCUT2D eigenvalue weighted by Crippen LogP contribution is 2.28. The van der Waals surface area contributed by atoms with Crippen molar-refractivity contribution in [1.29, 1.82) is 0 Å². The van der Waals surface area contributed by atoms with Crippen LogP contribution in [0.3, 0.4) is 0 Å². The second-order valence-corrected chi connectivity index (χ2v) is 5.01. The molecule has 0 saturated heterocycles. The number of benzene rings is 1. The van der Waals surface area contributed by atoms with Gasteiger partial charge in [-0.25, -0.2) is 9.78 Å². The molecular formula is C15H15N3O3. The van der Waals surface area contributed by atoms with Gasteiger partial charge in [0.15, 0.2) is 5.69 Å². The summed E-state index contributed by atoms with van der Waals surface area (Å²) in [4.78, 5) is 29.7. The van der Waals surface area contributed by atoms with Gasteiger partial charge in [-0.3, -0.25) is 4.79 Å². The lowest BCUT2D eigenvalue weighted by atomic mass is 10.1. The van der Waals surface area contributed by atoms with E-state index in [1.165, 1.54) is 0 Å². The minimum absolute atomic E-state index is 0.0387. The van der Waals surface area contributed by atoms with Crippen LogP contribution >= 0.6 is 0 Å². The van der Waals surface area contributed by atoms with Crippen molar-refractivity contribution >= 4 is 28.5 Å². The van der Waals surface area contributed by atoms with Crippen molar-refractivity contribution in [2.45, 2.75) is 13.5 Å². The number of hydrogen-bond donors (Lipinski definition) is 1. The predicted molar refractivity (Wildman–Crippen MR) is 77.9 cm³/mol. The van der Waals surface area contributed by atoms with E-state index in [-0.39, 0.29) is 23.9 Å². The average Bonchev–Trinajstić information content (AvgIpc) is 2.71. The monoisotopic (exact) mass is 285 g/mol. The standard InChI is InChI=1S/C15H15N3O3/c1-3-21-15(20)13-11(16)5-8-4-9-7-18(2)14(19)10(9)6-12(8)17-13/h4-6H,3,7,16H2,1-2H3. The third-order valence-corrected chi connectivity index (χ3v) is 3.52. The van der Waals surface area contributed by atoms with E-state index in [4.69, 9.17) is 10.5 Å². The molecule has 0 bridgehead atoms. The van der Waals surface area contributed by atoms with Gasteiger partial charge in [0, 0.05) is 24.5 Å². The third kappa shape index (κ3) is 2.08. The van der Waals surface area contributed by atoms with Crippen molar-refractivity contribution < 1.29 is 14.3 Å². The van der Waals surface area contributed by atoms with Crippen molar-refractivity contribution in [1.82, 2.24) is 9.88 Å². The number of nitrogens with two attached hydrogens (primary N) is 1. The summed E-state index contributed by atoms with van der Waals surface area (Å²) in [6.45, 7) is 2.55. The van der Waals surface area contributed by atoms with Crippen LogP contribution in [0.4, 0.5) is 5.69 Å². The molecule has 1 aromatic carbocycles. The van der Waals surface area contributed by atoms with Crippen molar-refractivity contribution in [3.63, 3.8) is 0 Å². The molecule has 0 fully saturated rings. The van der Waals surface area contributed by atoms with Gasteiger partial charge in [0.05, 0.1) is 17.8 Å². The second kappa shape index (κ2) is 4.73. The number of pyridine rings is 1. The number of carbonyl (C=O) groups excluding carboxylic acids is 2. The number of carbonyl (C=O) groups is 2. The summed E-state index contributed by atoms with van der Waals surface area (Å²) in [5, 5.41) is 0.808. The Morgan fingerprint density at radius 3 is 2.90 bits per heavy atom. The van der Waals surface area contributed by atoms with Gasteiger partial charge in [0.25, 0.3) is 5.91 Å². The summed E-state index contributed by atoms with van der Waals surface area (Å²) < 4.78 is 4.93. The van der Waals surface area contributed by atoms with Gasteiger partial charge in [-0.2, -0.15) is 0 Å². The summed E-state index contributed by atoms with van der Waals surface area (Å²) in [7, 11) is 1.75. The number of rotatable bonds is 2. The Morgan fingerprint density at radius 1 is 1.43 bits per heavy atom. The van der Waals surface area contributed by atoms with Crippen LogP contribution in [0, 0.1) is 0 Å². The summed E-state index contributed by atoms with van der Waals surface area (Å²) in [5.41, 5.74) is 8.37. The van der Waals surface area contributed by atoms with Gasteiger partial charge in [-0.15, -0.1) is 0 Å². The molecule has 1 aliphatic heterocycles. The fourth-order valence-electron chi connectivity index (χ4n) is 2.51. The summed E-state index contributed by atoms with van der Waals surface area (Å²) in [5.74, 6) is -0.593. The van der Waals surface area contributed by atoms with Gasteiger partial charge in [0.2, 0.25) is 0 Å². The van der Waals surface area contributed by atoms with Gasteiger partial charge in [-0.1, -0.05) is 0 Å². The second-order valence-electron chi connectivity index (χ2n) is 5.01. The molecule has 0 radical (unpaired) electrons. The van der Waals surface area contributed by atoms with Crippen LogP contribution in [-0.4, -0.2) is 35.4 Å². The maximum absolute atomic E-state index is 12.0. The van der Waals surface area contributed by atoms with Crippen LogP contribution in [0.15, 0.2) is 18.2 Å². The highest BCUT2D eigenvalue weighted by atomic mass is 16.5. The Labute approximate surface area is 121 Å². The van der Waals surface area contributed by atoms with Crippen LogP contribution in [0.25, 0.3) is 10.9 Å². The van der Waals surface area contributed by atoms with E-state index >= 15 is 0 Å². The fraction of sp³-hybridized carbons (Fsp3) is 0.267. The molecular weight excluding hydrogens is 270 g/mol. The molecule has 2 aromatic rings. The van der Waals surface area contributed by atoms with E-state index in [0.29, 0.717) is 17.6 Å². The van der Waals surface area contributed by atoms with Crippen molar-refractivity contribution in [3.05, 3.63) is 35.0 Å². The molecule has 2 N–H and O–H groups in total. The van der Waals surface area contributed by atoms with E-state index in [1.54, 1.807) is 31.0 Å². The molecule has 108 valence electrons. The predicted octanol–water partition coefficient (Wildman–Crippen LogP) is 1.58. The molecule has 0 saturated carbocycles. The van der Waals surface area contributed by atoms with E-state index in [1.807, 2.05) is 6.07 Å². The zero-order chi connectivity index (χ0) is 15.1. The normalized spacial score (nSPS) is 13.6. The Morgan fingerprint density at radius 2 is 2.19 bits per heavy atom. The number of hydrogen-bond acceptors (Lipinski definition) is 5. The van der Waals surface area contributed by atoms with Gasteiger partial charge >= 0.3 is 5.97 Å². The highest BCUT2D eigenvalue weighted by molar-refractivity contribution is 6.03. The molecule has 1 aromatic heterocycles. The number of esters is 1. The first-order valence-electron chi connectivity index (χ1n) is 6.67. The first kappa shape index (κ1) is 13.4. The van der Waals surface area contributed by atoms with Crippen LogP contribution in [-0.2, 0) is 11.3 Å². The number of fused-ring (bicyclic) bond motifs is 2. The highest BCUT2D eigenvalue weighted by Gasteiger charge is 2.25. The Bertz CT molecular complexity index is 770. The Hall–Kier alpha value is -2.63. The maximum atomic E-state index is 12.0. The minimum Gasteiger partial charge on any atom is -0.461 e. The largest absolute Gasteiger partial charge is 0.461 e. The Kier molecular flexibility index (Phi) is 3.01. The lowest BCUT2D eigenvalue weighted by molar-refractivity contribution is 0.0521. The zero-order valence-corrected chi connectivity index (χ0v) is 11.8. The Balaban J connectivity index is 2.16. The van der Waals surface area contributed by atoms with E-state index in [2.05, 4.69) is 4.98 Å². The smallest absolute Gasteiger partial charge is 0.359 e. The number of aromatic nitrogens is 1. The molecule has 0 unspecified atom stereocenters. The molecule has 21 heavy (non-hydrogen) atoms. The fourth-order valence-corrected chi connectivity index (χ4v) is 2.51. The van der Waals surface area contributed by atoms with E-state index in [0.717, 1.165) is 10.9 Å². The van der Waals surface area contributed by atoms with Crippen molar-refractivity contribution in [2.75, 3.05) is 19.4 Å². The average molecular weight is 285 g/mol. The van der Waals surface area contributed by atoms with Crippen molar-refractivity contribution in [3.8, 4) is 0 Å². The number of anilines is 1. The molecule has 0 atom stereocenters. The van der Waals surface area contributed by atoms with Gasteiger partial charge in [-0.05, 0) is 30.7 Å². The molecule has 2 heterocycles. The quantitative estimate of drug-likeness (QED) is 0.847. The number of nitrogen functional groups attached to an aromatic ring is 1. The summed E-state index contributed by atoms with van der Waals surface area (Å²) in [6.07, 6.45) is 0. The van der Waals surface area contributed by atoms with Gasteiger partial charge < -0.3 is 15.4 Å². The third-order valence-electron chi connectivity index (χ3n) is 3.52. The SMILES string of the molecule is CCOC(=O)c1nc2cc3c(cc2cc1N)CN(C)C3=O. The first-order chi connectivity index (χ1) is 10.0. The van der Waals surface area contributed by atoms with Gasteiger partial charge in [0.1, 0.15) is 0 Å².